The number of hydrogen-bond donors (Lipinski definition) is 1. The number of nitriles is 1. The molecule has 1 amide bonds. The molecule has 1 aliphatic carbocycles. The van der Waals surface area contributed by atoms with Crippen LogP contribution in [0.3, 0.4) is 0 Å². The topological polar surface area (TPSA) is 65.4 Å². The fourth-order valence-corrected chi connectivity index (χ4v) is 4.04. The largest absolute Gasteiger partial charge is 0.373 e. The number of carbonyl (C=O) groups is 1. The molecule has 1 aromatic carbocycles. The number of amides is 1. The van der Waals surface area contributed by atoms with Gasteiger partial charge in [-0.2, -0.15) is 5.26 Å². The predicted octanol–water partition coefficient (Wildman–Crippen LogP) is 3.62. The zero-order chi connectivity index (χ0) is 20.3. The van der Waals surface area contributed by atoms with Gasteiger partial charge < -0.3 is 15.0 Å². The van der Waals surface area contributed by atoms with Crippen molar-refractivity contribution in [1.82, 2.24) is 5.32 Å². The lowest BCUT2D eigenvalue weighted by Gasteiger charge is -2.39. The van der Waals surface area contributed by atoms with Gasteiger partial charge in [-0.25, -0.2) is 4.39 Å². The van der Waals surface area contributed by atoms with Crippen molar-refractivity contribution in [3.8, 4) is 6.07 Å². The number of hydrogen-bond acceptors (Lipinski definition) is 4. The SMILES string of the molecule is CC(C)(C)OC1CC(CNC(=O)C2CCN(c3ccc(C#N)cc3F)CC2)C1. The van der Waals surface area contributed by atoms with Crippen molar-refractivity contribution in [2.45, 2.75) is 58.2 Å². The van der Waals surface area contributed by atoms with E-state index in [1.165, 1.54) is 6.07 Å². The summed E-state index contributed by atoms with van der Waals surface area (Å²) in [5.74, 6) is 0.225. The molecule has 1 saturated heterocycles. The lowest BCUT2D eigenvalue weighted by Crippen LogP contribution is -2.45. The summed E-state index contributed by atoms with van der Waals surface area (Å²) >= 11 is 0. The van der Waals surface area contributed by atoms with E-state index in [0.29, 0.717) is 55.7 Å². The highest BCUT2D eigenvalue weighted by Crippen LogP contribution is 2.33. The summed E-state index contributed by atoms with van der Waals surface area (Å²) in [5.41, 5.74) is 0.722. The maximum absolute atomic E-state index is 14.2. The number of halogens is 1. The Kier molecular flexibility index (Phi) is 6.24. The molecule has 0 atom stereocenters. The zero-order valence-electron chi connectivity index (χ0n) is 17.0. The second-order valence-corrected chi connectivity index (χ2v) is 8.97. The number of nitrogens with zero attached hydrogens (tertiary/aromatic N) is 2. The van der Waals surface area contributed by atoms with Crippen LogP contribution >= 0.6 is 0 Å². The molecule has 0 spiro atoms. The minimum absolute atomic E-state index is 0.0145. The lowest BCUT2D eigenvalue weighted by atomic mass is 9.81. The van der Waals surface area contributed by atoms with Gasteiger partial charge in [0.2, 0.25) is 5.91 Å². The monoisotopic (exact) mass is 387 g/mol. The van der Waals surface area contributed by atoms with E-state index in [9.17, 15) is 9.18 Å². The standard InChI is InChI=1S/C22H30FN3O2/c1-22(2,3)28-18-10-16(11-18)14-25-21(27)17-6-8-26(9-7-17)20-5-4-15(13-24)12-19(20)23/h4-5,12,16-18H,6-11,14H2,1-3H3,(H,25,27). The molecule has 3 rings (SSSR count). The van der Waals surface area contributed by atoms with Gasteiger partial charge in [-0.1, -0.05) is 0 Å². The Labute approximate surface area is 166 Å². The summed E-state index contributed by atoms with van der Waals surface area (Å²) in [4.78, 5) is 14.4. The minimum Gasteiger partial charge on any atom is -0.373 e. The quantitative estimate of drug-likeness (QED) is 0.838. The Morgan fingerprint density at radius 1 is 1.32 bits per heavy atom. The molecule has 0 aromatic heterocycles. The minimum atomic E-state index is -0.376. The number of piperidine rings is 1. The Morgan fingerprint density at radius 2 is 2.00 bits per heavy atom. The van der Waals surface area contributed by atoms with Crippen molar-refractivity contribution in [3.05, 3.63) is 29.6 Å². The second kappa shape index (κ2) is 8.48. The van der Waals surface area contributed by atoms with Gasteiger partial charge in [-0.15, -0.1) is 0 Å². The van der Waals surface area contributed by atoms with Crippen LogP contribution in [0.4, 0.5) is 10.1 Å². The van der Waals surface area contributed by atoms with Crippen LogP contribution in [-0.2, 0) is 9.53 Å². The third kappa shape index (κ3) is 5.23. The number of carbonyl (C=O) groups excluding carboxylic acids is 1. The van der Waals surface area contributed by atoms with Gasteiger partial charge in [-0.3, -0.25) is 4.79 Å². The van der Waals surface area contributed by atoms with Gasteiger partial charge in [-0.05, 0) is 70.6 Å². The fraction of sp³-hybridized carbons (Fsp3) is 0.636. The molecule has 2 fully saturated rings. The van der Waals surface area contributed by atoms with Gasteiger partial charge in [0, 0.05) is 25.6 Å². The normalized spacial score (nSPS) is 23.0. The van der Waals surface area contributed by atoms with Gasteiger partial charge in [0.15, 0.2) is 0 Å². The highest BCUT2D eigenvalue weighted by atomic mass is 19.1. The first-order valence-corrected chi connectivity index (χ1v) is 10.2. The molecule has 28 heavy (non-hydrogen) atoms. The van der Waals surface area contributed by atoms with Crippen molar-refractivity contribution < 1.29 is 13.9 Å². The molecule has 1 heterocycles. The van der Waals surface area contributed by atoms with Crippen LogP contribution < -0.4 is 10.2 Å². The molecule has 0 unspecified atom stereocenters. The number of anilines is 1. The Morgan fingerprint density at radius 3 is 2.57 bits per heavy atom. The Balaban J connectivity index is 1.39. The summed E-state index contributed by atoms with van der Waals surface area (Å²) in [7, 11) is 0. The predicted molar refractivity (Wildman–Crippen MR) is 106 cm³/mol. The number of nitrogens with one attached hydrogen (secondary N) is 1. The highest BCUT2D eigenvalue weighted by Gasteiger charge is 2.34. The van der Waals surface area contributed by atoms with Crippen LogP contribution in [0, 0.1) is 29.0 Å². The van der Waals surface area contributed by atoms with Gasteiger partial charge in [0.05, 0.1) is 29.0 Å². The van der Waals surface area contributed by atoms with Crippen molar-refractivity contribution in [3.63, 3.8) is 0 Å². The van der Waals surface area contributed by atoms with Crippen molar-refractivity contribution in [1.29, 1.82) is 5.26 Å². The third-order valence-corrected chi connectivity index (χ3v) is 5.56. The third-order valence-electron chi connectivity index (χ3n) is 5.56. The molecule has 0 radical (unpaired) electrons. The molecule has 1 saturated carbocycles. The van der Waals surface area contributed by atoms with Gasteiger partial charge in [0.1, 0.15) is 5.82 Å². The fourth-order valence-electron chi connectivity index (χ4n) is 4.04. The molecule has 1 aromatic rings. The van der Waals surface area contributed by atoms with Gasteiger partial charge in [0.25, 0.3) is 0 Å². The van der Waals surface area contributed by atoms with E-state index in [1.807, 2.05) is 11.0 Å². The van der Waals surface area contributed by atoms with Crippen LogP contribution in [0.5, 0.6) is 0 Å². The van der Waals surface area contributed by atoms with Crippen molar-refractivity contribution >= 4 is 11.6 Å². The Bertz CT molecular complexity index is 739. The number of ether oxygens (including phenoxy) is 1. The average Bonchev–Trinajstić information content (AvgIpc) is 2.62. The summed E-state index contributed by atoms with van der Waals surface area (Å²) in [6.45, 7) is 8.21. The van der Waals surface area contributed by atoms with Crippen LogP contribution in [0.2, 0.25) is 0 Å². The Hall–Kier alpha value is -2.13. The summed E-state index contributed by atoms with van der Waals surface area (Å²) in [6.07, 6.45) is 3.76. The van der Waals surface area contributed by atoms with E-state index >= 15 is 0 Å². The zero-order valence-corrected chi connectivity index (χ0v) is 17.0. The summed E-state index contributed by atoms with van der Waals surface area (Å²) < 4.78 is 20.1. The van der Waals surface area contributed by atoms with Crippen molar-refractivity contribution in [2.75, 3.05) is 24.5 Å². The average molecular weight is 387 g/mol. The molecule has 2 aliphatic rings. The van der Waals surface area contributed by atoms with Crippen LogP contribution in [0.15, 0.2) is 18.2 Å². The molecule has 1 aliphatic heterocycles. The van der Waals surface area contributed by atoms with Gasteiger partial charge >= 0.3 is 0 Å². The van der Waals surface area contributed by atoms with E-state index in [1.54, 1.807) is 12.1 Å². The molecular formula is C22H30FN3O2. The van der Waals surface area contributed by atoms with E-state index in [0.717, 1.165) is 12.8 Å². The molecular weight excluding hydrogens is 357 g/mol. The highest BCUT2D eigenvalue weighted by molar-refractivity contribution is 5.79. The van der Waals surface area contributed by atoms with E-state index in [2.05, 4.69) is 26.1 Å². The van der Waals surface area contributed by atoms with Crippen LogP contribution in [0.1, 0.15) is 52.0 Å². The molecule has 6 heteroatoms. The maximum Gasteiger partial charge on any atom is 0.223 e. The molecule has 5 nitrogen and oxygen atoms in total. The maximum atomic E-state index is 14.2. The number of benzene rings is 1. The number of rotatable bonds is 5. The van der Waals surface area contributed by atoms with E-state index < -0.39 is 0 Å². The van der Waals surface area contributed by atoms with Crippen molar-refractivity contribution in [2.24, 2.45) is 11.8 Å². The first-order chi connectivity index (χ1) is 13.2. The summed E-state index contributed by atoms with van der Waals surface area (Å²) in [5, 5.41) is 11.9. The summed E-state index contributed by atoms with van der Waals surface area (Å²) in [6, 6.07) is 6.50. The molecule has 0 bridgehead atoms. The van der Waals surface area contributed by atoms with E-state index in [4.69, 9.17) is 10.00 Å². The lowest BCUT2D eigenvalue weighted by molar-refractivity contribution is -0.128. The van der Waals surface area contributed by atoms with Crippen LogP contribution in [-0.4, -0.2) is 37.2 Å². The first-order valence-electron chi connectivity index (χ1n) is 10.2. The smallest absolute Gasteiger partial charge is 0.223 e. The van der Waals surface area contributed by atoms with Crippen LogP contribution in [0.25, 0.3) is 0 Å². The second-order valence-electron chi connectivity index (χ2n) is 8.97. The molecule has 152 valence electrons. The van der Waals surface area contributed by atoms with E-state index in [-0.39, 0.29) is 23.2 Å². The first kappa shape index (κ1) is 20.6. The molecule has 1 N–H and O–H groups in total.